The maximum atomic E-state index is 12.5. The number of nitro groups is 1. The number of ether oxygens (including phenoxy) is 1. The smallest absolute Gasteiger partial charge is 0.410 e. The van der Waals surface area contributed by atoms with Gasteiger partial charge in [-0.15, -0.1) is 0 Å². The van der Waals surface area contributed by atoms with Gasteiger partial charge in [0.1, 0.15) is 5.60 Å². The molecule has 0 aromatic heterocycles. The van der Waals surface area contributed by atoms with Gasteiger partial charge in [-0.25, -0.2) is 4.79 Å². The van der Waals surface area contributed by atoms with Crippen molar-refractivity contribution < 1.29 is 18.9 Å². The third kappa shape index (κ3) is 6.11. The summed E-state index contributed by atoms with van der Waals surface area (Å²) in [4.78, 5) is 24.3. The average molecular weight is 373 g/mol. The standard InChI is InChI=1S/C17H32N2O5Si/c1-16(2,3)23-15(20)18-11-10-14(13(18)9-12-19(21)22)24-25(7,8)17(4,5)6/h9,12-14H,10-11H2,1-8H3/b12-9+/t13-,14+/m1/s1. The van der Waals surface area contributed by atoms with Crippen molar-refractivity contribution in [3.8, 4) is 0 Å². The van der Waals surface area contributed by atoms with Gasteiger partial charge in [0.05, 0.1) is 17.1 Å². The minimum absolute atomic E-state index is 0.0176. The van der Waals surface area contributed by atoms with Crippen molar-refractivity contribution in [2.45, 2.75) is 83.8 Å². The van der Waals surface area contributed by atoms with Gasteiger partial charge in [-0.2, -0.15) is 0 Å². The maximum Gasteiger partial charge on any atom is 0.410 e. The minimum Gasteiger partial charge on any atom is -0.444 e. The Morgan fingerprint density at radius 1 is 1.24 bits per heavy atom. The van der Waals surface area contributed by atoms with E-state index in [4.69, 9.17) is 9.16 Å². The molecular weight excluding hydrogens is 340 g/mol. The first kappa shape index (κ1) is 21.6. The predicted octanol–water partition coefficient (Wildman–Crippen LogP) is 4.18. The first-order valence-corrected chi connectivity index (χ1v) is 11.5. The molecule has 0 bridgehead atoms. The maximum absolute atomic E-state index is 12.5. The van der Waals surface area contributed by atoms with E-state index in [2.05, 4.69) is 33.9 Å². The van der Waals surface area contributed by atoms with E-state index in [0.29, 0.717) is 13.0 Å². The summed E-state index contributed by atoms with van der Waals surface area (Å²) in [5, 5.41) is 10.8. The molecule has 0 spiro atoms. The quantitative estimate of drug-likeness (QED) is 0.420. The topological polar surface area (TPSA) is 81.9 Å². The van der Waals surface area contributed by atoms with Crippen molar-refractivity contribution in [1.82, 2.24) is 4.90 Å². The molecule has 25 heavy (non-hydrogen) atoms. The molecule has 0 aromatic carbocycles. The van der Waals surface area contributed by atoms with E-state index < -0.39 is 31.0 Å². The number of likely N-dealkylation sites (tertiary alicyclic amines) is 1. The molecule has 0 radical (unpaired) electrons. The van der Waals surface area contributed by atoms with Crippen LogP contribution in [0, 0.1) is 10.1 Å². The monoisotopic (exact) mass is 372 g/mol. The summed E-state index contributed by atoms with van der Waals surface area (Å²) in [6.07, 6.45) is 2.24. The third-order valence-electron chi connectivity index (χ3n) is 4.68. The minimum atomic E-state index is -2.06. The summed E-state index contributed by atoms with van der Waals surface area (Å²) in [5.74, 6) is 0. The van der Waals surface area contributed by atoms with Gasteiger partial charge in [0, 0.05) is 12.6 Å². The predicted molar refractivity (Wildman–Crippen MR) is 99.5 cm³/mol. The fraction of sp³-hybridized carbons (Fsp3) is 0.824. The molecule has 0 N–H and O–H groups in total. The molecule has 1 amide bonds. The van der Waals surface area contributed by atoms with Crippen LogP contribution in [0.5, 0.6) is 0 Å². The van der Waals surface area contributed by atoms with Gasteiger partial charge in [0.15, 0.2) is 8.32 Å². The summed E-state index contributed by atoms with van der Waals surface area (Å²) in [7, 11) is -2.06. The van der Waals surface area contributed by atoms with Crippen LogP contribution in [0.15, 0.2) is 12.3 Å². The van der Waals surface area contributed by atoms with E-state index in [9.17, 15) is 14.9 Å². The van der Waals surface area contributed by atoms with Gasteiger partial charge < -0.3 is 9.16 Å². The van der Waals surface area contributed by atoms with Crippen LogP contribution in [0.3, 0.4) is 0 Å². The molecule has 2 atom stereocenters. The zero-order valence-corrected chi connectivity index (χ0v) is 17.7. The van der Waals surface area contributed by atoms with Crippen LogP contribution in [0.1, 0.15) is 48.0 Å². The van der Waals surface area contributed by atoms with Gasteiger partial charge in [-0.3, -0.25) is 15.0 Å². The van der Waals surface area contributed by atoms with Crippen LogP contribution < -0.4 is 0 Å². The Balaban J connectivity index is 3.03. The highest BCUT2D eigenvalue weighted by Gasteiger charge is 2.45. The number of hydrogen-bond donors (Lipinski definition) is 0. The van der Waals surface area contributed by atoms with Gasteiger partial charge >= 0.3 is 6.09 Å². The van der Waals surface area contributed by atoms with Gasteiger partial charge in [0.25, 0.3) is 0 Å². The number of carbonyl (C=O) groups excluding carboxylic acids is 1. The lowest BCUT2D eigenvalue weighted by Gasteiger charge is -2.39. The molecule has 0 aromatic rings. The van der Waals surface area contributed by atoms with Crippen LogP contribution in [0.2, 0.25) is 18.1 Å². The van der Waals surface area contributed by atoms with Crippen LogP contribution in [0.25, 0.3) is 0 Å². The normalized spacial score (nSPS) is 22.5. The average Bonchev–Trinajstić information content (AvgIpc) is 2.75. The number of hydrogen-bond acceptors (Lipinski definition) is 5. The molecule has 0 unspecified atom stereocenters. The van der Waals surface area contributed by atoms with Crippen molar-refractivity contribution in [1.29, 1.82) is 0 Å². The zero-order valence-electron chi connectivity index (χ0n) is 16.7. The molecular formula is C17H32N2O5Si. The first-order chi connectivity index (χ1) is 11.1. The number of carbonyl (C=O) groups is 1. The van der Waals surface area contributed by atoms with Crippen molar-refractivity contribution in [2.24, 2.45) is 0 Å². The second-order valence-electron chi connectivity index (χ2n) is 9.00. The fourth-order valence-corrected chi connectivity index (χ4v) is 3.76. The zero-order chi connectivity index (χ0) is 19.6. The SMILES string of the molecule is CC(C)(C)OC(=O)N1CC[C@H](O[Si](C)(C)C(C)(C)C)[C@H]1/C=C/[N+](=O)[O-]. The molecule has 1 rings (SSSR count). The highest BCUT2D eigenvalue weighted by atomic mass is 28.4. The number of rotatable bonds is 4. The summed E-state index contributed by atoms with van der Waals surface area (Å²) in [6, 6.07) is -0.491. The van der Waals surface area contributed by atoms with Crippen LogP contribution in [-0.2, 0) is 9.16 Å². The molecule has 1 aliphatic rings. The molecule has 8 heteroatoms. The van der Waals surface area contributed by atoms with Gasteiger partial charge in [-0.1, -0.05) is 20.8 Å². The highest BCUT2D eigenvalue weighted by molar-refractivity contribution is 6.74. The van der Waals surface area contributed by atoms with Crippen LogP contribution >= 0.6 is 0 Å². The summed E-state index contributed by atoms with van der Waals surface area (Å²) < 4.78 is 11.9. The Hall–Kier alpha value is -1.41. The lowest BCUT2D eigenvalue weighted by atomic mass is 10.1. The van der Waals surface area contributed by atoms with E-state index in [0.717, 1.165) is 6.20 Å². The van der Waals surface area contributed by atoms with Crippen molar-refractivity contribution in [3.63, 3.8) is 0 Å². The van der Waals surface area contributed by atoms with E-state index in [-0.39, 0.29) is 11.1 Å². The second-order valence-corrected chi connectivity index (χ2v) is 13.8. The fourth-order valence-electron chi connectivity index (χ4n) is 2.39. The van der Waals surface area contributed by atoms with Crippen molar-refractivity contribution in [3.05, 3.63) is 22.4 Å². The Kier molecular flexibility index (Phi) is 6.45. The Morgan fingerprint density at radius 2 is 1.80 bits per heavy atom. The number of amides is 1. The Labute approximate surface area is 151 Å². The molecule has 1 fully saturated rings. The lowest BCUT2D eigenvalue weighted by molar-refractivity contribution is -0.402. The molecule has 1 saturated heterocycles. The van der Waals surface area contributed by atoms with E-state index in [1.165, 1.54) is 11.0 Å². The van der Waals surface area contributed by atoms with Crippen molar-refractivity contribution >= 4 is 14.4 Å². The first-order valence-electron chi connectivity index (χ1n) is 8.63. The van der Waals surface area contributed by atoms with Crippen LogP contribution in [0.4, 0.5) is 4.79 Å². The van der Waals surface area contributed by atoms with Crippen molar-refractivity contribution in [2.75, 3.05) is 6.54 Å². The molecule has 144 valence electrons. The lowest BCUT2D eigenvalue weighted by Crippen LogP contribution is -2.48. The summed E-state index contributed by atoms with van der Waals surface area (Å²) in [5.41, 5.74) is -0.618. The Bertz CT molecular complexity index is 534. The van der Waals surface area contributed by atoms with Gasteiger partial charge in [-0.05, 0) is 45.3 Å². The van der Waals surface area contributed by atoms with E-state index in [1.807, 2.05) is 0 Å². The van der Waals surface area contributed by atoms with Gasteiger partial charge in [0.2, 0.25) is 6.20 Å². The summed E-state index contributed by atoms with van der Waals surface area (Å²) in [6.45, 7) is 16.5. The molecule has 1 heterocycles. The van der Waals surface area contributed by atoms with E-state index >= 15 is 0 Å². The molecule has 1 aliphatic heterocycles. The summed E-state index contributed by atoms with van der Waals surface area (Å²) >= 11 is 0. The third-order valence-corrected chi connectivity index (χ3v) is 9.18. The Morgan fingerprint density at radius 3 is 2.24 bits per heavy atom. The molecule has 0 saturated carbocycles. The molecule has 7 nitrogen and oxygen atoms in total. The second kappa shape index (κ2) is 7.45. The highest BCUT2D eigenvalue weighted by Crippen LogP contribution is 2.39. The number of nitrogens with zero attached hydrogens (tertiary/aromatic N) is 2. The van der Waals surface area contributed by atoms with E-state index in [1.54, 1.807) is 20.8 Å². The largest absolute Gasteiger partial charge is 0.444 e. The molecule has 0 aliphatic carbocycles. The van der Waals surface area contributed by atoms with Crippen LogP contribution in [-0.4, -0.2) is 48.5 Å².